The molecule has 0 spiro atoms. The lowest BCUT2D eigenvalue weighted by Gasteiger charge is -2.20. The summed E-state index contributed by atoms with van der Waals surface area (Å²) in [6, 6.07) is 8.36. The van der Waals surface area contributed by atoms with Gasteiger partial charge in [0, 0.05) is 10.0 Å². The predicted octanol–water partition coefficient (Wildman–Crippen LogP) is 3.48. The number of hydrogen-bond acceptors (Lipinski definition) is 3. The first kappa shape index (κ1) is 15.9. The summed E-state index contributed by atoms with van der Waals surface area (Å²) in [4.78, 5) is 0. The monoisotopic (exact) mass is 356 g/mol. The van der Waals surface area contributed by atoms with Crippen LogP contribution in [0.4, 0.5) is 8.78 Å². The van der Waals surface area contributed by atoms with Crippen molar-refractivity contribution in [2.24, 2.45) is 5.84 Å². The van der Waals surface area contributed by atoms with Crippen LogP contribution in [-0.4, -0.2) is 7.11 Å². The van der Waals surface area contributed by atoms with Gasteiger partial charge >= 0.3 is 0 Å². The van der Waals surface area contributed by atoms with Crippen molar-refractivity contribution in [3.63, 3.8) is 0 Å². The van der Waals surface area contributed by atoms with Gasteiger partial charge < -0.3 is 4.74 Å². The van der Waals surface area contributed by atoms with Crippen molar-refractivity contribution in [1.29, 1.82) is 0 Å². The highest BCUT2D eigenvalue weighted by Crippen LogP contribution is 2.31. The zero-order valence-corrected chi connectivity index (χ0v) is 13.0. The van der Waals surface area contributed by atoms with Gasteiger partial charge in [-0.05, 0) is 42.3 Å². The van der Waals surface area contributed by atoms with Crippen molar-refractivity contribution >= 4 is 15.9 Å². The highest BCUT2D eigenvalue weighted by Gasteiger charge is 2.21. The summed E-state index contributed by atoms with van der Waals surface area (Å²) in [7, 11) is 1.46. The van der Waals surface area contributed by atoms with Gasteiger partial charge in [-0.25, -0.2) is 8.78 Å². The quantitative estimate of drug-likeness (QED) is 0.636. The molecule has 0 fully saturated rings. The minimum absolute atomic E-state index is 0.312. The highest BCUT2D eigenvalue weighted by atomic mass is 79.9. The normalized spacial score (nSPS) is 12.2. The van der Waals surface area contributed by atoms with E-state index in [2.05, 4.69) is 21.4 Å². The average molecular weight is 357 g/mol. The number of rotatable bonds is 5. The molecule has 0 aliphatic rings. The molecule has 0 amide bonds. The number of benzene rings is 2. The second kappa shape index (κ2) is 6.98. The molecule has 0 aromatic heterocycles. The van der Waals surface area contributed by atoms with Crippen LogP contribution in [-0.2, 0) is 6.42 Å². The average Bonchev–Trinajstić information content (AvgIpc) is 2.48. The van der Waals surface area contributed by atoms with Gasteiger partial charge in [0.25, 0.3) is 0 Å². The molecule has 2 aromatic rings. The van der Waals surface area contributed by atoms with Crippen LogP contribution in [0.2, 0.25) is 0 Å². The first-order valence-electron chi connectivity index (χ1n) is 6.29. The van der Waals surface area contributed by atoms with E-state index in [1.54, 1.807) is 18.2 Å². The first-order chi connectivity index (χ1) is 10.1. The van der Waals surface area contributed by atoms with Crippen LogP contribution >= 0.6 is 15.9 Å². The lowest BCUT2D eigenvalue weighted by Crippen LogP contribution is -2.30. The Hall–Kier alpha value is -1.50. The topological polar surface area (TPSA) is 47.3 Å². The lowest BCUT2D eigenvalue weighted by atomic mass is 9.98. The van der Waals surface area contributed by atoms with Crippen molar-refractivity contribution in [2.75, 3.05) is 7.11 Å². The van der Waals surface area contributed by atoms with Gasteiger partial charge in [0.05, 0.1) is 13.2 Å². The number of halogens is 3. The first-order valence-corrected chi connectivity index (χ1v) is 7.08. The molecule has 2 rings (SSSR count). The second-order valence-corrected chi connectivity index (χ2v) is 5.37. The number of hydrogen-bond donors (Lipinski definition) is 2. The standard InChI is InChI=1S/C15H15BrF2N2O/c1-21-14-4-2-3-12(18)15(14)13(20-19)8-9-7-10(17)5-6-11(9)16/h2-7,13,20H,8,19H2,1H3. The van der Waals surface area contributed by atoms with Crippen molar-refractivity contribution in [1.82, 2.24) is 5.43 Å². The van der Waals surface area contributed by atoms with E-state index in [9.17, 15) is 8.78 Å². The molecular weight excluding hydrogens is 342 g/mol. The molecule has 6 heteroatoms. The molecule has 0 heterocycles. The van der Waals surface area contributed by atoms with Crippen LogP contribution in [0.5, 0.6) is 5.75 Å². The van der Waals surface area contributed by atoms with Crippen LogP contribution in [0.1, 0.15) is 17.2 Å². The van der Waals surface area contributed by atoms with Crippen LogP contribution < -0.4 is 16.0 Å². The van der Waals surface area contributed by atoms with E-state index in [0.717, 1.165) is 4.47 Å². The summed E-state index contributed by atoms with van der Waals surface area (Å²) >= 11 is 3.35. The maximum absolute atomic E-state index is 14.1. The number of methoxy groups -OCH3 is 1. The molecule has 0 aliphatic heterocycles. The van der Waals surface area contributed by atoms with Gasteiger partial charge in [-0.3, -0.25) is 11.3 Å². The smallest absolute Gasteiger partial charge is 0.131 e. The minimum Gasteiger partial charge on any atom is -0.496 e. The number of ether oxygens (including phenoxy) is 1. The Labute approximate surface area is 130 Å². The Morgan fingerprint density at radius 3 is 2.71 bits per heavy atom. The minimum atomic E-state index is -0.542. The van der Waals surface area contributed by atoms with Crippen molar-refractivity contribution in [2.45, 2.75) is 12.5 Å². The van der Waals surface area contributed by atoms with Crippen LogP contribution in [0, 0.1) is 11.6 Å². The summed E-state index contributed by atoms with van der Waals surface area (Å²) < 4.78 is 33.4. The molecule has 1 atom stereocenters. The van der Waals surface area contributed by atoms with E-state index in [4.69, 9.17) is 10.6 Å². The number of nitrogens with one attached hydrogen (secondary N) is 1. The van der Waals surface area contributed by atoms with E-state index in [-0.39, 0.29) is 5.82 Å². The molecule has 3 N–H and O–H groups in total. The Bertz CT molecular complexity index is 637. The summed E-state index contributed by atoms with van der Waals surface area (Å²) in [6.45, 7) is 0. The summed E-state index contributed by atoms with van der Waals surface area (Å²) in [5.74, 6) is 5.16. The highest BCUT2D eigenvalue weighted by molar-refractivity contribution is 9.10. The Balaban J connectivity index is 2.39. The van der Waals surface area contributed by atoms with Gasteiger partial charge in [0.15, 0.2) is 0 Å². The zero-order chi connectivity index (χ0) is 15.4. The molecule has 112 valence electrons. The van der Waals surface area contributed by atoms with Gasteiger partial charge in [-0.2, -0.15) is 0 Å². The maximum Gasteiger partial charge on any atom is 0.131 e. The molecule has 0 bridgehead atoms. The Morgan fingerprint density at radius 2 is 2.05 bits per heavy atom. The molecule has 0 aliphatic carbocycles. The summed E-state index contributed by atoms with van der Waals surface area (Å²) in [5, 5.41) is 0. The predicted molar refractivity (Wildman–Crippen MR) is 80.8 cm³/mol. The van der Waals surface area contributed by atoms with Gasteiger partial charge in [-0.1, -0.05) is 22.0 Å². The molecular formula is C15H15BrF2N2O. The second-order valence-electron chi connectivity index (χ2n) is 4.51. The van der Waals surface area contributed by atoms with Crippen molar-refractivity contribution in [3.8, 4) is 5.75 Å². The zero-order valence-electron chi connectivity index (χ0n) is 11.4. The van der Waals surface area contributed by atoms with E-state index in [1.165, 1.54) is 25.3 Å². The van der Waals surface area contributed by atoms with Crippen LogP contribution in [0.3, 0.4) is 0 Å². The molecule has 2 aromatic carbocycles. The summed E-state index contributed by atoms with van der Waals surface area (Å²) in [5.41, 5.74) is 3.57. The Morgan fingerprint density at radius 1 is 1.29 bits per heavy atom. The van der Waals surface area contributed by atoms with Crippen LogP contribution in [0.25, 0.3) is 0 Å². The van der Waals surface area contributed by atoms with Crippen molar-refractivity contribution in [3.05, 3.63) is 63.6 Å². The maximum atomic E-state index is 14.1. The SMILES string of the molecule is COc1cccc(F)c1C(Cc1cc(F)ccc1Br)NN. The molecule has 0 radical (unpaired) electrons. The Kier molecular flexibility index (Phi) is 5.27. The molecule has 0 saturated carbocycles. The van der Waals surface area contributed by atoms with Gasteiger partial charge in [0.2, 0.25) is 0 Å². The molecule has 3 nitrogen and oxygen atoms in total. The third kappa shape index (κ3) is 3.58. The van der Waals surface area contributed by atoms with E-state index >= 15 is 0 Å². The number of hydrazine groups is 1. The fourth-order valence-electron chi connectivity index (χ4n) is 2.20. The molecule has 21 heavy (non-hydrogen) atoms. The van der Waals surface area contributed by atoms with Crippen LogP contribution in [0.15, 0.2) is 40.9 Å². The molecule has 0 saturated heterocycles. The number of nitrogens with two attached hydrogens (primary N) is 1. The third-order valence-corrected chi connectivity index (χ3v) is 3.99. The van der Waals surface area contributed by atoms with E-state index < -0.39 is 11.9 Å². The van der Waals surface area contributed by atoms with Gasteiger partial charge in [-0.15, -0.1) is 0 Å². The van der Waals surface area contributed by atoms with Gasteiger partial charge in [0.1, 0.15) is 17.4 Å². The fraction of sp³-hybridized carbons (Fsp3) is 0.200. The lowest BCUT2D eigenvalue weighted by molar-refractivity contribution is 0.390. The molecule has 1 unspecified atom stereocenters. The largest absolute Gasteiger partial charge is 0.496 e. The fourth-order valence-corrected chi connectivity index (χ4v) is 2.61. The van der Waals surface area contributed by atoms with E-state index in [1.807, 2.05) is 0 Å². The van der Waals surface area contributed by atoms with E-state index in [0.29, 0.717) is 23.3 Å². The summed E-state index contributed by atoms with van der Waals surface area (Å²) in [6.07, 6.45) is 0.312. The van der Waals surface area contributed by atoms with Crippen molar-refractivity contribution < 1.29 is 13.5 Å². The third-order valence-electron chi connectivity index (χ3n) is 3.21.